The highest BCUT2D eigenvalue weighted by Gasteiger charge is 2.12. The maximum atomic E-state index is 11.9. The highest BCUT2D eigenvalue weighted by Crippen LogP contribution is 2.10. The standard InChI is InChI=1S/C24H52N6O2/c25-17-11-9-15-21(27)23(31)29-19-13-7-5-3-1-2-4-6-8-14-20-30-24(32)22(28)16-10-12-18-26/h21-22H,1-20,25-28H2,(H,29,31)(H,30,32)/t21-,22-/m1/s1. The van der Waals surface area contributed by atoms with Crippen molar-refractivity contribution in [2.75, 3.05) is 26.2 Å². The van der Waals surface area contributed by atoms with Crippen LogP contribution in [0.5, 0.6) is 0 Å². The smallest absolute Gasteiger partial charge is 0.236 e. The quantitative estimate of drug-likeness (QED) is 0.129. The maximum absolute atomic E-state index is 11.9. The van der Waals surface area contributed by atoms with Gasteiger partial charge in [-0.05, 0) is 51.6 Å². The van der Waals surface area contributed by atoms with Gasteiger partial charge in [-0.15, -0.1) is 0 Å². The molecule has 2 atom stereocenters. The number of carbonyl (C=O) groups excluding carboxylic acids is 2. The highest BCUT2D eigenvalue weighted by molar-refractivity contribution is 5.81. The van der Waals surface area contributed by atoms with E-state index >= 15 is 0 Å². The topological polar surface area (TPSA) is 162 Å². The van der Waals surface area contributed by atoms with Crippen molar-refractivity contribution in [1.29, 1.82) is 0 Å². The Hall–Kier alpha value is -1.22. The van der Waals surface area contributed by atoms with Crippen molar-refractivity contribution in [1.82, 2.24) is 10.6 Å². The van der Waals surface area contributed by atoms with E-state index in [9.17, 15) is 9.59 Å². The monoisotopic (exact) mass is 456 g/mol. The lowest BCUT2D eigenvalue weighted by Gasteiger charge is -2.12. The van der Waals surface area contributed by atoms with Gasteiger partial charge in [0.05, 0.1) is 12.1 Å². The molecule has 190 valence electrons. The highest BCUT2D eigenvalue weighted by atomic mass is 16.2. The van der Waals surface area contributed by atoms with Crippen molar-refractivity contribution in [3.05, 3.63) is 0 Å². The molecule has 0 aromatic rings. The molecule has 0 aromatic heterocycles. The van der Waals surface area contributed by atoms with E-state index in [1.807, 2.05) is 0 Å². The number of nitrogens with two attached hydrogens (primary N) is 4. The van der Waals surface area contributed by atoms with Crippen LogP contribution in [0.1, 0.15) is 103 Å². The first kappa shape index (κ1) is 30.8. The molecule has 0 spiro atoms. The summed E-state index contributed by atoms with van der Waals surface area (Å²) in [6.45, 7) is 2.75. The fourth-order valence-electron chi connectivity index (χ4n) is 3.63. The van der Waals surface area contributed by atoms with Gasteiger partial charge in [0.1, 0.15) is 0 Å². The van der Waals surface area contributed by atoms with Crippen molar-refractivity contribution in [3.8, 4) is 0 Å². The zero-order chi connectivity index (χ0) is 23.9. The second-order valence-corrected chi connectivity index (χ2v) is 8.90. The van der Waals surface area contributed by atoms with Gasteiger partial charge in [0, 0.05) is 13.1 Å². The van der Waals surface area contributed by atoms with Gasteiger partial charge >= 0.3 is 0 Å². The van der Waals surface area contributed by atoms with Crippen LogP contribution in [0.3, 0.4) is 0 Å². The SMILES string of the molecule is NCCCC[C@@H](N)C(=O)NCCCCCCCCCCCCNC(=O)[C@H](N)CCCCN. The van der Waals surface area contributed by atoms with Crippen molar-refractivity contribution >= 4 is 11.8 Å². The van der Waals surface area contributed by atoms with Crippen LogP contribution in [0.25, 0.3) is 0 Å². The Balaban J connectivity index is 3.34. The number of rotatable bonds is 23. The molecule has 0 aromatic carbocycles. The van der Waals surface area contributed by atoms with Crippen molar-refractivity contribution in [3.63, 3.8) is 0 Å². The van der Waals surface area contributed by atoms with Crippen LogP contribution in [0.2, 0.25) is 0 Å². The van der Waals surface area contributed by atoms with Crippen LogP contribution in [0.15, 0.2) is 0 Å². The van der Waals surface area contributed by atoms with E-state index in [0.717, 1.165) is 64.5 Å². The molecule has 0 heterocycles. The minimum Gasteiger partial charge on any atom is -0.355 e. The van der Waals surface area contributed by atoms with E-state index in [4.69, 9.17) is 22.9 Å². The Morgan fingerprint density at radius 3 is 1.12 bits per heavy atom. The summed E-state index contributed by atoms with van der Waals surface area (Å²) in [5, 5.41) is 5.87. The number of hydrogen-bond acceptors (Lipinski definition) is 6. The van der Waals surface area contributed by atoms with E-state index in [1.54, 1.807) is 0 Å². The first-order valence-electron chi connectivity index (χ1n) is 13.0. The number of carbonyl (C=O) groups is 2. The molecule has 0 aliphatic rings. The molecule has 0 radical (unpaired) electrons. The van der Waals surface area contributed by atoms with Crippen LogP contribution >= 0.6 is 0 Å². The first-order valence-corrected chi connectivity index (χ1v) is 13.0. The lowest BCUT2D eigenvalue weighted by atomic mass is 10.1. The fraction of sp³-hybridized carbons (Fsp3) is 0.917. The molecule has 0 bridgehead atoms. The minimum atomic E-state index is -0.401. The summed E-state index contributed by atoms with van der Waals surface area (Å²) in [5.41, 5.74) is 22.6. The van der Waals surface area contributed by atoms with Gasteiger partial charge in [-0.25, -0.2) is 0 Å². The van der Waals surface area contributed by atoms with E-state index in [0.29, 0.717) is 25.9 Å². The maximum Gasteiger partial charge on any atom is 0.236 e. The molecular weight excluding hydrogens is 404 g/mol. The second-order valence-electron chi connectivity index (χ2n) is 8.90. The average Bonchev–Trinajstić information content (AvgIpc) is 2.79. The molecule has 10 N–H and O–H groups in total. The molecular formula is C24H52N6O2. The van der Waals surface area contributed by atoms with Crippen LogP contribution in [0, 0.1) is 0 Å². The molecule has 2 amide bonds. The predicted molar refractivity (Wildman–Crippen MR) is 134 cm³/mol. The Bertz CT molecular complexity index is 410. The van der Waals surface area contributed by atoms with Crippen molar-refractivity contribution < 1.29 is 9.59 Å². The summed E-state index contributed by atoms with van der Waals surface area (Å²) >= 11 is 0. The number of hydrogen-bond donors (Lipinski definition) is 6. The van der Waals surface area contributed by atoms with Gasteiger partial charge in [-0.3, -0.25) is 9.59 Å². The van der Waals surface area contributed by atoms with Crippen LogP contribution < -0.4 is 33.6 Å². The zero-order valence-electron chi connectivity index (χ0n) is 20.4. The summed E-state index contributed by atoms with van der Waals surface area (Å²) in [7, 11) is 0. The third-order valence-corrected chi connectivity index (χ3v) is 5.81. The summed E-state index contributed by atoms with van der Waals surface area (Å²) in [6.07, 6.45) is 16.9. The van der Waals surface area contributed by atoms with Crippen molar-refractivity contribution in [2.24, 2.45) is 22.9 Å². The Kier molecular flexibility index (Phi) is 22.1. The van der Waals surface area contributed by atoms with Crippen molar-refractivity contribution in [2.45, 2.75) is 115 Å². The molecule has 8 nitrogen and oxygen atoms in total. The number of amides is 2. The Morgan fingerprint density at radius 2 is 0.812 bits per heavy atom. The summed E-state index contributed by atoms with van der Waals surface area (Å²) in [4.78, 5) is 23.7. The van der Waals surface area contributed by atoms with Crippen LogP contribution in [-0.4, -0.2) is 50.1 Å². The molecule has 0 fully saturated rings. The number of nitrogens with one attached hydrogen (secondary N) is 2. The van der Waals surface area contributed by atoms with Crippen LogP contribution in [-0.2, 0) is 9.59 Å². The summed E-state index contributed by atoms with van der Waals surface area (Å²) < 4.78 is 0. The lowest BCUT2D eigenvalue weighted by molar-refractivity contribution is -0.123. The van der Waals surface area contributed by atoms with E-state index in [1.165, 1.54) is 38.5 Å². The largest absolute Gasteiger partial charge is 0.355 e. The third kappa shape index (κ3) is 19.5. The normalized spacial score (nSPS) is 13.0. The van der Waals surface area contributed by atoms with E-state index < -0.39 is 12.1 Å². The minimum absolute atomic E-state index is 0.0352. The lowest BCUT2D eigenvalue weighted by Crippen LogP contribution is -2.40. The van der Waals surface area contributed by atoms with E-state index in [-0.39, 0.29) is 11.8 Å². The third-order valence-electron chi connectivity index (χ3n) is 5.81. The molecule has 0 saturated carbocycles. The Morgan fingerprint density at radius 1 is 0.500 bits per heavy atom. The average molecular weight is 457 g/mol. The van der Waals surface area contributed by atoms with E-state index in [2.05, 4.69) is 10.6 Å². The van der Waals surface area contributed by atoms with Gasteiger partial charge in [-0.2, -0.15) is 0 Å². The Labute approximate surface area is 196 Å². The fourth-order valence-corrected chi connectivity index (χ4v) is 3.63. The predicted octanol–water partition coefficient (Wildman–Crippen LogP) is 2.03. The molecule has 0 saturated heterocycles. The van der Waals surface area contributed by atoms with Gasteiger partial charge in [-0.1, -0.05) is 64.2 Å². The second kappa shape index (κ2) is 23.0. The molecule has 0 aliphatic carbocycles. The van der Waals surface area contributed by atoms with Crippen LogP contribution in [0.4, 0.5) is 0 Å². The number of unbranched alkanes of at least 4 members (excludes halogenated alkanes) is 11. The zero-order valence-corrected chi connectivity index (χ0v) is 20.4. The van der Waals surface area contributed by atoms with Gasteiger partial charge in [0.25, 0.3) is 0 Å². The van der Waals surface area contributed by atoms with Gasteiger partial charge < -0.3 is 33.6 Å². The molecule has 0 unspecified atom stereocenters. The van der Waals surface area contributed by atoms with Gasteiger partial charge in [0.2, 0.25) is 11.8 Å². The molecule has 0 aliphatic heterocycles. The molecule has 32 heavy (non-hydrogen) atoms. The summed E-state index contributed by atoms with van der Waals surface area (Å²) in [6, 6.07) is -0.802. The summed E-state index contributed by atoms with van der Waals surface area (Å²) in [5.74, 6) is -0.0705. The molecule has 0 rings (SSSR count). The van der Waals surface area contributed by atoms with Gasteiger partial charge in [0.15, 0.2) is 0 Å². The first-order chi connectivity index (χ1) is 15.5. The molecule has 8 heteroatoms.